The lowest BCUT2D eigenvalue weighted by Gasteiger charge is -2.08. The van der Waals surface area contributed by atoms with E-state index in [0.29, 0.717) is 10.6 Å². The highest BCUT2D eigenvalue weighted by Crippen LogP contribution is 2.19. The largest absolute Gasteiger partial charge is 0.396 e. The lowest BCUT2D eigenvalue weighted by atomic mass is 10.1. The summed E-state index contributed by atoms with van der Waals surface area (Å²) in [5, 5.41) is 23.6. The van der Waals surface area contributed by atoms with Crippen LogP contribution in [0.2, 0.25) is 5.02 Å². The summed E-state index contributed by atoms with van der Waals surface area (Å²) in [6.45, 7) is -0.550. The second-order valence-electron chi connectivity index (χ2n) is 5.99. The summed E-state index contributed by atoms with van der Waals surface area (Å²) in [5.41, 5.74) is -0.560. The third-order valence-electron chi connectivity index (χ3n) is 4.02. The topological polar surface area (TPSA) is 123 Å². The van der Waals surface area contributed by atoms with E-state index in [2.05, 4.69) is 10.1 Å². The zero-order valence-electron chi connectivity index (χ0n) is 14.5. The fraction of sp³-hybridized carbons (Fsp3) is 0.294. The zero-order chi connectivity index (χ0) is 20.3. The van der Waals surface area contributed by atoms with Crippen LogP contribution in [0.25, 0.3) is 0 Å². The van der Waals surface area contributed by atoms with E-state index in [9.17, 15) is 14.7 Å². The molecule has 28 heavy (non-hydrogen) atoms. The molecule has 0 saturated heterocycles. The SMILES string of the molecule is O=c1c(CCO)cn(Cl)c(=O)n1Cc1nc(C[C@H](O)c2ccc(Cl)cc2)no1. The van der Waals surface area contributed by atoms with Gasteiger partial charge >= 0.3 is 5.69 Å². The van der Waals surface area contributed by atoms with Gasteiger partial charge in [0.1, 0.15) is 6.54 Å². The molecule has 0 spiro atoms. The number of nitrogens with zero attached hydrogens (tertiary/aromatic N) is 4. The van der Waals surface area contributed by atoms with Gasteiger partial charge in [-0.2, -0.15) is 4.98 Å². The Kier molecular flexibility index (Phi) is 6.30. The number of halogens is 2. The fourth-order valence-electron chi connectivity index (χ4n) is 2.60. The van der Waals surface area contributed by atoms with Crippen LogP contribution in [0.3, 0.4) is 0 Å². The van der Waals surface area contributed by atoms with Crippen molar-refractivity contribution in [3.05, 3.63) is 79.2 Å². The molecule has 0 aliphatic heterocycles. The molecule has 0 amide bonds. The molecule has 0 aliphatic carbocycles. The van der Waals surface area contributed by atoms with E-state index in [-0.39, 0.29) is 43.3 Å². The van der Waals surface area contributed by atoms with Crippen molar-refractivity contribution in [3.63, 3.8) is 0 Å². The van der Waals surface area contributed by atoms with Gasteiger partial charge in [0.2, 0.25) is 5.89 Å². The first-order valence-electron chi connectivity index (χ1n) is 8.26. The van der Waals surface area contributed by atoms with Gasteiger partial charge in [0.05, 0.1) is 6.10 Å². The summed E-state index contributed by atoms with van der Waals surface area (Å²) < 4.78 is 6.65. The van der Waals surface area contributed by atoms with Crippen LogP contribution in [0, 0.1) is 0 Å². The highest BCUT2D eigenvalue weighted by Gasteiger charge is 2.17. The van der Waals surface area contributed by atoms with Crippen molar-refractivity contribution < 1.29 is 14.7 Å². The second-order valence-corrected chi connectivity index (χ2v) is 6.79. The van der Waals surface area contributed by atoms with Crippen LogP contribution in [0.15, 0.2) is 44.6 Å². The van der Waals surface area contributed by atoms with Crippen LogP contribution in [0.1, 0.15) is 28.9 Å². The van der Waals surface area contributed by atoms with Crippen LogP contribution in [0.5, 0.6) is 0 Å². The maximum atomic E-state index is 12.4. The molecule has 2 aromatic heterocycles. The van der Waals surface area contributed by atoms with Crippen molar-refractivity contribution >= 4 is 23.4 Å². The first-order valence-corrected chi connectivity index (χ1v) is 8.98. The number of benzene rings is 1. The summed E-state index contributed by atoms with van der Waals surface area (Å²) in [7, 11) is 0. The van der Waals surface area contributed by atoms with Crippen molar-refractivity contribution in [3.8, 4) is 0 Å². The number of hydrogen-bond acceptors (Lipinski definition) is 7. The minimum Gasteiger partial charge on any atom is -0.396 e. The molecule has 1 atom stereocenters. The molecule has 0 radical (unpaired) electrons. The first-order chi connectivity index (χ1) is 13.4. The maximum Gasteiger partial charge on any atom is 0.346 e. The predicted molar refractivity (Wildman–Crippen MR) is 101 cm³/mol. The third-order valence-corrected chi connectivity index (χ3v) is 4.51. The van der Waals surface area contributed by atoms with E-state index in [1.54, 1.807) is 24.3 Å². The summed E-state index contributed by atoms with van der Waals surface area (Å²) in [6, 6.07) is 6.68. The third kappa shape index (κ3) is 4.50. The van der Waals surface area contributed by atoms with Gasteiger partial charge in [-0.1, -0.05) is 28.9 Å². The Balaban J connectivity index is 1.79. The summed E-state index contributed by atoms with van der Waals surface area (Å²) in [4.78, 5) is 28.6. The minimum atomic E-state index is -0.876. The Morgan fingerprint density at radius 3 is 2.61 bits per heavy atom. The van der Waals surface area contributed by atoms with Crippen LogP contribution < -0.4 is 11.2 Å². The van der Waals surface area contributed by atoms with Crippen molar-refractivity contribution in [1.82, 2.24) is 18.8 Å². The quantitative estimate of drug-likeness (QED) is 0.575. The molecule has 0 unspecified atom stereocenters. The van der Waals surface area contributed by atoms with E-state index in [1.165, 1.54) is 6.20 Å². The number of rotatable bonds is 7. The van der Waals surface area contributed by atoms with Crippen LogP contribution >= 0.6 is 23.4 Å². The number of aliphatic hydroxyl groups excluding tert-OH is 2. The van der Waals surface area contributed by atoms with E-state index in [4.69, 9.17) is 33.0 Å². The Labute approximate surface area is 168 Å². The Morgan fingerprint density at radius 1 is 1.21 bits per heavy atom. The molecule has 11 heteroatoms. The first kappa shape index (κ1) is 20.3. The van der Waals surface area contributed by atoms with Gasteiger partial charge in [-0.05, 0) is 17.7 Å². The summed E-state index contributed by atoms with van der Waals surface area (Å²) in [5.74, 6) is 0.221. The lowest BCUT2D eigenvalue weighted by molar-refractivity contribution is 0.174. The van der Waals surface area contributed by atoms with Crippen molar-refractivity contribution in [2.24, 2.45) is 0 Å². The molecule has 9 nitrogen and oxygen atoms in total. The highest BCUT2D eigenvalue weighted by molar-refractivity contribution is 6.30. The van der Waals surface area contributed by atoms with Gasteiger partial charge in [-0.25, -0.2) is 13.4 Å². The minimum absolute atomic E-state index is 0.00956. The maximum absolute atomic E-state index is 12.4. The van der Waals surface area contributed by atoms with Crippen molar-refractivity contribution in [2.75, 3.05) is 6.61 Å². The second kappa shape index (κ2) is 8.70. The van der Waals surface area contributed by atoms with Crippen molar-refractivity contribution in [1.29, 1.82) is 0 Å². The van der Waals surface area contributed by atoms with Crippen LogP contribution in [-0.2, 0) is 19.4 Å². The zero-order valence-corrected chi connectivity index (χ0v) is 16.0. The molecule has 0 aliphatic rings. The Morgan fingerprint density at radius 2 is 1.93 bits per heavy atom. The lowest BCUT2D eigenvalue weighted by Crippen LogP contribution is -2.39. The van der Waals surface area contributed by atoms with Crippen molar-refractivity contribution in [2.45, 2.75) is 25.5 Å². The molecule has 3 aromatic rings. The highest BCUT2D eigenvalue weighted by atomic mass is 35.5. The molecule has 2 N–H and O–H groups in total. The number of aliphatic hydroxyl groups is 2. The number of aromatic nitrogens is 4. The Bertz CT molecular complexity index is 1070. The standard InChI is InChI=1S/C17H16Cl2N4O5/c18-12-3-1-10(2-4-12)13(25)7-14-20-15(28-21-14)9-22-16(26)11(5-6-24)8-23(19)17(22)27/h1-4,8,13,24-25H,5-7,9H2/t13-/m0/s1. The van der Waals surface area contributed by atoms with E-state index in [0.717, 1.165) is 8.65 Å². The molecular weight excluding hydrogens is 411 g/mol. The van der Waals surface area contributed by atoms with E-state index < -0.39 is 17.4 Å². The average Bonchev–Trinajstić information content (AvgIpc) is 3.11. The molecule has 2 heterocycles. The fourth-order valence-corrected chi connectivity index (χ4v) is 2.94. The van der Waals surface area contributed by atoms with Gasteiger partial charge in [0, 0.05) is 48.0 Å². The van der Waals surface area contributed by atoms with Gasteiger partial charge in [0.15, 0.2) is 5.82 Å². The normalized spacial score (nSPS) is 12.3. The predicted octanol–water partition coefficient (Wildman–Crippen LogP) is 0.907. The molecule has 3 rings (SSSR count). The molecule has 0 saturated carbocycles. The smallest absolute Gasteiger partial charge is 0.346 e. The Hall–Kier alpha value is -2.46. The molecule has 0 bridgehead atoms. The van der Waals surface area contributed by atoms with E-state index >= 15 is 0 Å². The molecular formula is C17H16Cl2N4O5. The van der Waals surface area contributed by atoms with Gasteiger partial charge in [-0.3, -0.25) is 4.79 Å². The average molecular weight is 427 g/mol. The van der Waals surface area contributed by atoms with Crippen LogP contribution in [-0.4, -0.2) is 35.6 Å². The molecule has 1 aromatic carbocycles. The number of hydrogen-bond donors (Lipinski definition) is 2. The monoisotopic (exact) mass is 426 g/mol. The van der Waals surface area contributed by atoms with Gasteiger partial charge < -0.3 is 14.7 Å². The van der Waals surface area contributed by atoms with E-state index in [1.807, 2.05) is 0 Å². The summed E-state index contributed by atoms with van der Waals surface area (Å²) >= 11 is 11.6. The van der Waals surface area contributed by atoms with Gasteiger partial charge in [0.25, 0.3) is 5.56 Å². The summed E-state index contributed by atoms with van der Waals surface area (Å²) in [6.07, 6.45) is 0.414. The molecule has 0 fully saturated rings. The molecule has 148 valence electrons. The van der Waals surface area contributed by atoms with Crippen LogP contribution in [0.4, 0.5) is 0 Å². The van der Waals surface area contributed by atoms with Gasteiger partial charge in [-0.15, -0.1) is 0 Å².